The molecule has 0 bridgehead atoms. The number of piperidine rings is 1. The van der Waals surface area contributed by atoms with Crippen molar-refractivity contribution in [2.24, 2.45) is 0 Å². The fourth-order valence-electron chi connectivity index (χ4n) is 2.06. The van der Waals surface area contributed by atoms with Crippen LogP contribution in [0.15, 0.2) is 0 Å². The normalized spacial score (nSPS) is 17.1. The highest BCUT2D eigenvalue weighted by Gasteiger charge is 2.21. The molecule has 1 aliphatic heterocycles. The fourth-order valence-corrected chi connectivity index (χ4v) is 2.06. The molecule has 0 spiro atoms. The van der Waals surface area contributed by atoms with E-state index in [4.69, 9.17) is 6.42 Å². The largest absolute Gasteiger partial charge is 0.344 e. The number of terminal acetylenes is 1. The van der Waals surface area contributed by atoms with Gasteiger partial charge < -0.3 is 10.6 Å². The maximum absolute atomic E-state index is 11.5. The summed E-state index contributed by atoms with van der Waals surface area (Å²) in [5, 5.41) is 6.03. The minimum atomic E-state index is 0.0262. The van der Waals surface area contributed by atoms with E-state index in [2.05, 4.69) is 28.4 Å². The molecule has 1 aliphatic rings. The molecule has 1 amide bonds. The molecule has 0 aromatic carbocycles. The van der Waals surface area contributed by atoms with Crippen LogP contribution in [0.2, 0.25) is 0 Å². The molecule has 0 radical (unpaired) electrons. The molecular formula is C12H21N3O. The van der Waals surface area contributed by atoms with E-state index in [9.17, 15) is 4.79 Å². The lowest BCUT2D eigenvalue weighted by Crippen LogP contribution is -2.47. The van der Waals surface area contributed by atoms with Crippen LogP contribution in [0.1, 0.15) is 19.8 Å². The first-order valence-electron chi connectivity index (χ1n) is 5.92. The van der Waals surface area contributed by atoms with Crippen molar-refractivity contribution in [2.75, 3.05) is 32.7 Å². The lowest BCUT2D eigenvalue weighted by atomic mass is 10.0. The Labute approximate surface area is 97.8 Å². The maximum atomic E-state index is 11.5. The summed E-state index contributed by atoms with van der Waals surface area (Å²) in [4.78, 5) is 13.8. The van der Waals surface area contributed by atoms with Crippen molar-refractivity contribution in [1.82, 2.24) is 15.5 Å². The Morgan fingerprint density at radius 2 is 2.25 bits per heavy atom. The molecule has 16 heavy (non-hydrogen) atoms. The van der Waals surface area contributed by atoms with Crippen molar-refractivity contribution in [2.45, 2.75) is 25.8 Å². The molecule has 2 N–H and O–H groups in total. The number of hydrogen-bond donors (Lipinski definition) is 2. The average molecular weight is 223 g/mol. The van der Waals surface area contributed by atoms with Gasteiger partial charge in [-0.3, -0.25) is 9.69 Å². The van der Waals surface area contributed by atoms with Gasteiger partial charge in [-0.1, -0.05) is 12.8 Å². The SMILES string of the molecule is C#CCNC(=O)CN(CC)C1CCNCC1. The molecule has 0 saturated carbocycles. The zero-order valence-corrected chi connectivity index (χ0v) is 9.96. The minimum absolute atomic E-state index is 0.0262. The van der Waals surface area contributed by atoms with Crippen LogP contribution in [-0.2, 0) is 4.79 Å². The maximum Gasteiger partial charge on any atom is 0.234 e. The van der Waals surface area contributed by atoms with Gasteiger partial charge in [-0.2, -0.15) is 0 Å². The van der Waals surface area contributed by atoms with Crippen molar-refractivity contribution in [1.29, 1.82) is 0 Å². The second-order valence-electron chi connectivity index (χ2n) is 4.03. The monoisotopic (exact) mass is 223 g/mol. The summed E-state index contributed by atoms with van der Waals surface area (Å²) in [5.74, 6) is 2.44. The topological polar surface area (TPSA) is 44.4 Å². The van der Waals surface area contributed by atoms with Crippen molar-refractivity contribution in [3.63, 3.8) is 0 Å². The first kappa shape index (κ1) is 13.0. The van der Waals surface area contributed by atoms with Crippen molar-refractivity contribution in [3.8, 4) is 12.3 Å². The van der Waals surface area contributed by atoms with E-state index in [0.29, 0.717) is 19.1 Å². The van der Waals surface area contributed by atoms with Crippen LogP contribution >= 0.6 is 0 Å². The number of nitrogens with zero attached hydrogens (tertiary/aromatic N) is 1. The molecule has 4 heteroatoms. The highest BCUT2D eigenvalue weighted by atomic mass is 16.2. The van der Waals surface area contributed by atoms with E-state index in [1.165, 1.54) is 0 Å². The van der Waals surface area contributed by atoms with E-state index in [-0.39, 0.29) is 5.91 Å². The number of rotatable bonds is 5. The van der Waals surface area contributed by atoms with E-state index in [1.807, 2.05) is 0 Å². The van der Waals surface area contributed by atoms with E-state index in [0.717, 1.165) is 32.5 Å². The molecule has 0 aromatic heterocycles. The summed E-state index contributed by atoms with van der Waals surface area (Å²) >= 11 is 0. The van der Waals surface area contributed by atoms with E-state index < -0.39 is 0 Å². The minimum Gasteiger partial charge on any atom is -0.344 e. The number of nitrogens with one attached hydrogen (secondary N) is 2. The van der Waals surface area contributed by atoms with Gasteiger partial charge in [0.25, 0.3) is 0 Å². The summed E-state index contributed by atoms with van der Waals surface area (Å²) in [5.41, 5.74) is 0. The van der Waals surface area contributed by atoms with Crippen LogP contribution in [0.4, 0.5) is 0 Å². The van der Waals surface area contributed by atoms with Gasteiger partial charge in [-0.05, 0) is 32.5 Å². The second kappa shape index (κ2) is 7.26. The Morgan fingerprint density at radius 1 is 1.56 bits per heavy atom. The second-order valence-corrected chi connectivity index (χ2v) is 4.03. The van der Waals surface area contributed by atoms with Gasteiger partial charge in [0, 0.05) is 6.04 Å². The first-order chi connectivity index (χ1) is 7.77. The molecule has 1 fully saturated rings. The predicted octanol–water partition coefficient (Wildman–Crippen LogP) is -0.190. The van der Waals surface area contributed by atoms with Crippen LogP contribution in [0.25, 0.3) is 0 Å². The molecule has 0 unspecified atom stereocenters. The van der Waals surface area contributed by atoms with Gasteiger partial charge in [0.15, 0.2) is 0 Å². The fraction of sp³-hybridized carbons (Fsp3) is 0.750. The number of amides is 1. The number of hydrogen-bond acceptors (Lipinski definition) is 3. The number of carbonyl (C=O) groups is 1. The molecule has 1 saturated heterocycles. The molecule has 4 nitrogen and oxygen atoms in total. The zero-order valence-electron chi connectivity index (χ0n) is 9.96. The van der Waals surface area contributed by atoms with Gasteiger partial charge >= 0.3 is 0 Å². The summed E-state index contributed by atoms with van der Waals surface area (Å²) in [6.45, 7) is 5.89. The molecule has 0 aliphatic carbocycles. The summed E-state index contributed by atoms with van der Waals surface area (Å²) in [6.07, 6.45) is 7.34. The van der Waals surface area contributed by atoms with E-state index in [1.54, 1.807) is 0 Å². The third-order valence-corrected chi connectivity index (χ3v) is 2.97. The summed E-state index contributed by atoms with van der Waals surface area (Å²) < 4.78 is 0. The van der Waals surface area contributed by atoms with Crippen LogP contribution in [0, 0.1) is 12.3 Å². The molecule has 90 valence electrons. The molecular weight excluding hydrogens is 202 g/mol. The third kappa shape index (κ3) is 4.21. The van der Waals surface area contributed by atoms with Crippen LogP contribution in [0.5, 0.6) is 0 Å². The lowest BCUT2D eigenvalue weighted by molar-refractivity contribution is -0.122. The van der Waals surface area contributed by atoms with Gasteiger partial charge in [0.1, 0.15) is 0 Å². The lowest BCUT2D eigenvalue weighted by Gasteiger charge is -2.33. The third-order valence-electron chi connectivity index (χ3n) is 2.97. The van der Waals surface area contributed by atoms with Crippen LogP contribution in [-0.4, -0.2) is 49.6 Å². The average Bonchev–Trinajstić information content (AvgIpc) is 2.34. The highest BCUT2D eigenvalue weighted by molar-refractivity contribution is 5.78. The number of likely N-dealkylation sites (N-methyl/N-ethyl adjacent to an activating group) is 1. The Hall–Kier alpha value is -1.05. The van der Waals surface area contributed by atoms with Gasteiger partial charge in [0.2, 0.25) is 5.91 Å². The van der Waals surface area contributed by atoms with Gasteiger partial charge in [-0.15, -0.1) is 6.42 Å². The first-order valence-corrected chi connectivity index (χ1v) is 5.92. The molecule has 1 heterocycles. The van der Waals surface area contributed by atoms with Crippen molar-refractivity contribution in [3.05, 3.63) is 0 Å². The Balaban J connectivity index is 2.35. The van der Waals surface area contributed by atoms with Crippen LogP contribution < -0.4 is 10.6 Å². The zero-order chi connectivity index (χ0) is 11.8. The molecule has 0 aromatic rings. The summed E-state index contributed by atoms with van der Waals surface area (Å²) in [6, 6.07) is 0.530. The quantitative estimate of drug-likeness (QED) is 0.635. The van der Waals surface area contributed by atoms with Crippen molar-refractivity contribution < 1.29 is 4.79 Å². The Kier molecular flexibility index (Phi) is 5.91. The van der Waals surface area contributed by atoms with Gasteiger partial charge in [0.05, 0.1) is 13.1 Å². The predicted molar refractivity (Wildman–Crippen MR) is 65.0 cm³/mol. The highest BCUT2D eigenvalue weighted by Crippen LogP contribution is 2.10. The van der Waals surface area contributed by atoms with Crippen LogP contribution in [0.3, 0.4) is 0 Å². The van der Waals surface area contributed by atoms with E-state index >= 15 is 0 Å². The smallest absolute Gasteiger partial charge is 0.234 e. The standard InChI is InChI=1S/C12H21N3O/c1-3-7-14-12(16)10-15(4-2)11-5-8-13-9-6-11/h1,11,13H,4-10H2,2H3,(H,14,16). The van der Waals surface area contributed by atoms with Crippen molar-refractivity contribution >= 4 is 5.91 Å². The number of carbonyl (C=O) groups excluding carboxylic acids is 1. The Bertz CT molecular complexity index is 253. The molecule has 1 rings (SSSR count). The Morgan fingerprint density at radius 3 is 2.81 bits per heavy atom. The molecule has 0 atom stereocenters. The van der Waals surface area contributed by atoms with Gasteiger partial charge in [-0.25, -0.2) is 0 Å². The summed E-state index contributed by atoms with van der Waals surface area (Å²) in [7, 11) is 0.